The Hall–Kier alpha value is -1.42. The lowest BCUT2D eigenvalue weighted by atomic mass is 10.1. The topological polar surface area (TPSA) is 93.2 Å². The van der Waals surface area contributed by atoms with Gasteiger partial charge in [-0.3, -0.25) is 5.73 Å². The van der Waals surface area contributed by atoms with Gasteiger partial charge in [0.25, 0.3) is 10.1 Å². The van der Waals surface area contributed by atoms with E-state index >= 15 is 0 Å². The van der Waals surface area contributed by atoms with Crippen LogP contribution in [0.1, 0.15) is 5.56 Å². The highest BCUT2D eigenvalue weighted by Crippen LogP contribution is 2.14. The van der Waals surface area contributed by atoms with Gasteiger partial charge in [-0.15, -0.1) is 0 Å². The van der Waals surface area contributed by atoms with E-state index in [1.165, 1.54) is 0 Å². The summed E-state index contributed by atoms with van der Waals surface area (Å²) >= 11 is 0. The van der Waals surface area contributed by atoms with Crippen molar-refractivity contribution in [2.24, 2.45) is 5.73 Å². The summed E-state index contributed by atoms with van der Waals surface area (Å²) in [6, 6.07) is 10.5. The highest BCUT2D eigenvalue weighted by Gasteiger charge is 2.30. The molecule has 0 aliphatic rings. The Kier molecular flexibility index (Phi) is 3.65. The second kappa shape index (κ2) is 4.61. The SMILES string of the molecule is CS(=O)(=O)O[C@](N)(C#N)Cc1ccccc1. The van der Waals surface area contributed by atoms with Crippen LogP contribution in [0.4, 0.5) is 0 Å². The van der Waals surface area contributed by atoms with E-state index in [0.29, 0.717) is 0 Å². The van der Waals surface area contributed by atoms with E-state index in [-0.39, 0.29) is 6.42 Å². The van der Waals surface area contributed by atoms with Gasteiger partial charge in [-0.1, -0.05) is 30.3 Å². The van der Waals surface area contributed by atoms with Gasteiger partial charge in [0.15, 0.2) is 0 Å². The molecule has 0 radical (unpaired) electrons. The highest BCUT2D eigenvalue weighted by atomic mass is 32.2. The van der Waals surface area contributed by atoms with Gasteiger partial charge >= 0.3 is 0 Å². The molecule has 0 saturated carbocycles. The number of nitrogens with two attached hydrogens (primary N) is 1. The van der Waals surface area contributed by atoms with Crippen LogP contribution in [0.3, 0.4) is 0 Å². The molecule has 16 heavy (non-hydrogen) atoms. The molecule has 0 spiro atoms. The van der Waals surface area contributed by atoms with Crippen LogP contribution in [0.15, 0.2) is 30.3 Å². The minimum atomic E-state index is -3.76. The van der Waals surface area contributed by atoms with Gasteiger partial charge in [-0.2, -0.15) is 13.7 Å². The molecule has 2 N–H and O–H groups in total. The predicted molar refractivity (Wildman–Crippen MR) is 58.6 cm³/mol. The average Bonchev–Trinajstić information content (AvgIpc) is 2.16. The third-order valence-corrected chi connectivity index (χ3v) is 2.40. The Labute approximate surface area is 94.6 Å². The maximum absolute atomic E-state index is 10.9. The first-order valence-electron chi connectivity index (χ1n) is 4.49. The molecule has 0 amide bonds. The van der Waals surface area contributed by atoms with Crippen molar-refractivity contribution in [2.75, 3.05) is 6.26 Å². The maximum Gasteiger partial charge on any atom is 0.267 e. The van der Waals surface area contributed by atoms with Gasteiger partial charge in [-0.05, 0) is 5.56 Å². The molecule has 86 valence electrons. The van der Waals surface area contributed by atoms with Crippen LogP contribution in [0.2, 0.25) is 0 Å². The summed E-state index contributed by atoms with van der Waals surface area (Å²) in [4.78, 5) is 0. The van der Waals surface area contributed by atoms with E-state index in [2.05, 4.69) is 4.18 Å². The van der Waals surface area contributed by atoms with Crippen molar-refractivity contribution in [1.29, 1.82) is 5.26 Å². The Morgan fingerprint density at radius 1 is 1.44 bits per heavy atom. The van der Waals surface area contributed by atoms with Crippen LogP contribution in [-0.2, 0) is 20.7 Å². The fourth-order valence-electron chi connectivity index (χ4n) is 1.26. The number of hydrogen-bond acceptors (Lipinski definition) is 5. The number of rotatable bonds is 4. The lowest BCUT2D eigenvalue weighted by Gasteiger charge is -2.20. The first kappa shape index (κ1) is 12.6. The van der Waals surface area contributed by atoms with Crippen LogP contribution in [0, 0.1) is 11.3 Å². The Morgan fingerprint density at radius 3 is 2.44 bits per heavy atom. The second-order valence-electron chi connectivity index (χ2n) is 3.45. The van der Waals surface area contributed by atoms with Gasteiger partial charge in [0.1, 0.15) is 6.07 Å². The van der Waals surface area contributed by atoms with Crippen molar-refractivity contribution in [3.8, 4) is 6.07 Å². The molecule has 6 heteroatoms. The molecule has 1 rings (SSSR count). The molecular formula is C10H12N2O3S. The number of nitriles is 1. The monoisotopic (exact) mass is 240 g/mol. The van der Waals surface area contributed by atoms with E-state index < -0.39 is 15.8 Å². The van der Waals surface area contributed by atoms with Crippen molar-refractivity contribution in [2.45, 2.75) is 12.1 Å². The Morgan fingerprint density at radius 2 is 2.00 bits per heavy atom. The molecule has 0 aliphatic carbocycles. The molecular weight excluding hydrogens is 228 g/mol. The molecule has 0 aromatic heterocycles. The van der Waals surface area contributed by atoms with Crippen LogP contribution >= 0.6 is 0 Å². The average molecular weight is 240 g/mol. The number of hydrogen-bond donors (Lipinski definition) is 1. The van der Waals surface area contributed by atoms with Crippen LogP contribution in [0.5, 0.6) is 0 Å². The van der Waals surface area contributed by atoms with Crippen molar-refractivity contribution in [3.63, 3.8) is 0 Å². The van der Waals surface area contributed by atoms with Crippen molar-refractivity contribution < 1.29 is 12.6 Å². The lowest BCUT2D eigenvalue weighted by Crippen LogP contribution is -2.44. The van der Waals surface area contributed by atoms with E-state index in [1.807, 2.05) is 6.07 Å². The lowest BCUT2D eigenvalue weighted by molar-refractivity contribution is 0.146. The fraction of sp³-hybridized carbons (Fsp3) is 0.300. The number of nitrogens with zero attached hydrogens (tertiary/aromatic N) is 1. The number of benzene rings is 1. The largest absolute Gasteiger partial charge is 0.290 e. The quantitative estimate of drug-likeness (QED) is 0.606. The van der Waals surface area contributed by atoms with Crippen molar-refractivity contribution in [3.05, 3.63) is 35.9 Å². The standard InChI is InChI=1S/C10H12N2O3S/c1-16(13,14)15-10(12,8-11)7-9-5-3-2-4-6-9/h2-6H,7,12H2,1H3/t10-/m0/s1. The molecule has 0 bridgehead atoms. The molecule has 1 atom stereocenters. The zero-order valence-corrected chi connectivity index (χ0v) is 9.57. The molecule has 1 aromatic rings. The molecule has 1 aromatic carbocycles. The second-order valence-corrected chi connectivity index (χ2v) is 5.03. The zero-order chi connectivity index (χ0) is 12.2. The van der Waals surface area contributed by atoms with Gasteiger partial charge in [0.2, 0.25) is 5.72 Å². The summed E-state index contributed by atoms with van der Waals surface area (Å²) in [5, 5.41) is 8.85. The third-order valence-electron chi connectivity index (χ3n) is 1.80. The molecule has 0 heterocycles. The molecule has 0 saturated heterocycles. The Bertz CT molecular complexity index is 493. The predicted octanol–water partition coefficient (Wildman–Crippen LogP) is 0.384. The van der Waals surface area contributed by atoms with Gasteiger partial charge < -0.3 is 0 Å². The van der Waals surface area contributed by atoms with E-state index in [4.69, 9.17) is 11.0 Å². The summed E-state index contributed by atoms with van der Waals surface area (Å²) in [5.74, 6) is 0. The van der Waals surface area contributed by atoms with E-state index in [1.54, 1.807) is 30.3 Å². The van der Waals surface area contributed by atoms with E-state index in [0.717, 1.165) is 11.8 Å². The normalized spacial score (nSPS) is 15.1. The first-order chi connectivity index (χ1) is 7.35. The van der Waals surface area contributed by atoms with Crippen molar-refractivity contribution in [1.82, 2.24) is 0 Å². The summed E-state index contributed by atoms with van der Waals surface area (Å²) in [5.41, 5.74) is 4.43. The van der Waals surface area contributed by atoms with E-state index in [9.17, 15) is 8.42 Å². The summed E-state index contributed by atoms with van der Waals surface area (Å²) in [6.07, 6.45) is 0.869. The first-order valence-corrected chi connectivity index (χ1v) is 6.31. The van der Waals surface area contributed by atoms with Crippen LogP contribution in [-0.4, -0.2) is 20.4 Å². The zero-order valence-electron chi connectivity index (χ0n) is 8.75. The molecule has 0 unspecified atom stereocenters. The molecule has 0 fully saturated rings. The van der Waals surface area contributed by atoms with Gasteiger partial charge in [0, 0.05) is 6.42 Å². The fourth-order valence-corrected chi connectivity index (χ4v) is 1.89. The third kappa shape index (κ3) is 3.98. The van der Waals surface area contributed by atoms with Crippen LogP contribution in [0.25, 0.3) is 0 Å². The summed E-state index contributed by atoms with van der Waals surface area (Å²) < 4.78 is 26.5. The highest BCUT2D eigenvalue weighted by molar-refractivity contribution is 7.86. The maximum atomic E-state index is 10.9. The van der Waals surface area contributed by atoms with Gasteiger partial charge in [0.05, 0.1) is 6.26 Å². The molecule has 5 nitrogen and oxygen atoms in total. The minimum absolute atomic E-state index is 0.0113. The molecule has 0 aliphatic heterocycles. The van der Waals surface area contributed by atoms with Crippen LogP contribution < -0.4 is 5.73 Å². The Balaban J connectivity index is 2.88. The summed E-state index contributed by atoms with van der Waals surface area (Å²) in [6.45, 7) is 0. The smallest absolute Gasteiger partial charge is 0.267 e. The minimum Gasteiger partial charge on any atom is -0.290 e. The van der Waals surface area contributed by atoms with Crippen molar-refractivity contribution >= 4 is 10.1 Å². The summed E-state index contributed by atoms with van der Waals surface area (Å²) in [7, 11) is -3.76. The van der Waals surface area contributed by atoms with Gasteiger partial charge in [-0.25, -0.2) is 4.18 Å².